The first-order chi connectivity index (χ1) is 9.16. The van der Waals surface area contributed by atoms with Gasteiger partial charge < -0.3 is 0 Å². The summed E-state index contributed by atoms with van der Waals surface area (Å²) in [7, 11) is 0. The summed E-state index contributed by atoms with van der Waals surface area (Å²) < 4.78 is 0.958. The van der Waals surface area contributed by atoms with Gasteiger partial charge in [0.1, 0.15) is 0 Å². The Labute approximate surface area is 125 Å². The third-order valence-corrected chi connectivity index (χ3v) is 5.00. The van der Waals surface area contributed by atoms with E-state index in [2.05, 4.69) is 77.2 Å². The van der Waals surface area contributed by atoms with Gasteiger partial charge in [-0.1, -0.05) is 56.3 Å². The third kappa shape index (κ3) is 2.33. The minimum absolute atomic E-state index is 0.484. The zero-order chi connectivity index (χ0) is 13.4. The lowest BCUT2D eigenvalue weighted by molar-refractivity contribution is 0.888. The number of aromatic nitrogens is 1. The minimum atomic E-state index is 0.484. The van der Waals surface area contributed by atoms with Crippen molar-refractivity contribution in [2.24, 2.45) is 0 Å². The first-order valence-electron chi connectivity index (χ1n) is 6.31. The number of thiazole rings is 1. The summed E-state index contributed by atoms with van der Waals surface area (Å²) in [6.07, 6.45) is 0. The molecule has 19 heavy (non-hydrogen) atoms. The van der Waals surface area contributed by atoms with Gasteiger partial charge in [0.25, 0.3) is 0 Å². The fourth-order valence-electron chi connectivity index (χ4n) is 2.32. The molecule has 3 heteroatoms. The highest BCUT2D eigenvalue weighted by Crippen LogP contribution is 2.38. The highest BCUT2D eigenvalue weighted by Gasteiger charge is 2.16. The van der Waals surface area contributed by atoms with Gasteiger partial charge in [-0.2, -0.15) is 0 Å². The van der Waals surface area contributed by atoms with E-state index in [9.17, 15) is 0 Å². The summed E-state index contributed by atoms with van der Waals surface area (Å²) >= 11 is 5.25. The second-order valence-electron chi connectivity index (χ2n) is 4.86. The van der Waals surface area contributed by atoms with E-state index in [0.717, 1.165) is 9.61 Å². The maximum Gasteiger partial charge on any atom is 0.160 e. The molecule has 0 N–H and O–H groups in total. The quantitative estimate of drug-likeness (QED) is 0.574. The Morgan fingerprint density at radius 3 is 2.58 bits per heavy atom. The molecule has 1 nitrogen and oxygen atoms in total. The molecule has 1 aromatic heterocycles. The fourth-order valence-corrected chi connectivity index (χ4v) is 3.83. The van der Waals surface area contributed by atoms with Crippen LogP contribution >= 0.6 is 27.3 Å². The van der Waals surface area contributed by atoms with Gasteiger partial charge in [0.05, 0.1) is 5.69 Å². The molecule has 0 aliphatic heterocycles. The van der Waals surface area contributed by atoms with Crippen molar-refractivity contribution < 1.29 is 0 Å². The van der Waals surface area contributed by atoms with Gasteiger partial charge in [-0.05, 0) is 32.6 Å². The van der Waals surface area contributed by atoms with Crippen LogP contribution in [0.4, 0.5) is 0 Å². The Morgan fingerprint density at radius 2 is 1.79 bits per heavy atom. The van der Waals surface area contributed by atoms with Crippen molar-refractivity contribution in [2.75, 3.05) is 0 Å². The Bertz CT molecular complexity index is 725. The topological polar surface area (TPSA) is 12.9 Å². The van der Waals surface area contributed by atoms with Crippen molar-refractivity contribution in [1.29, 1.82) is 0 Å². The van der Waals surface area contributed by atoms with Crippen molar-refractivity contribution in [3.63, 3.8) is 0 Å². The molecule has 0 saturated heterocycles. The number of fused-ring (bicyclic) bond motifs is 1. The molecule has 0 aliphatic carbocycles. The molecule has 0 radical (unpaired) electrons. The Morgan fingerprint density at radius 1 is 1.05 bits per heavy atom. The van der Waals surface area contributed by atoms with Crippen LogP contribution in [-0.4, -0.2) is 4.98 Å². The first-order valence-corrected chi connectivity index (χ1v) is 7.92. The fraction of sp³-hybridized carbons (Fsp3) is 0.188. The molecule has 0 aliphatic rings. The van der Waals surface area contributed by atoms with Crippen LogP contribution in [0, 0.1) is 0 Å². The van der Waals surface area contributed by atoms with Crippen LogP contribution in [0.25, 0.3) is 22.0 Å². The predicted molar refractivity (Wildman–Crippen MR) is 86.8 cm³/mol. The normalized spacial score (nSPS) is 11.4. The van der Waals surface area contributed by atoms with E-state index in [1.807, 2.05) is 0 Å². The molecule has 0 atom stereocenters. The van der Waals surface area contributed by atoms with Gasteiger partial charge in [0.2, 0.25) is 0 Å². The van der Waals surface area contributed by atoms with E-state index in [1.165, 1.54) is 21.2 Å². The zero-order valence-corrected chi connectivity index (χ0v) is 13.3. The van der Waals surface area contributed by atoms with E-state index in [-0.39, 0.29) is 0 Å². The minimum Gasteiger partial charge on any atom is -0.229 e. The standard InChI is InChI=1S/C16H14BrNS/c1-10(2)15-14(18-16(17)19-15)13-9-5-7-11-6-3-4-8-12(11)13/h3-10H,1-2H3. The van der Waals surface area contributed by atoms with Crippen molar-refractivity contribution in [1.82, 2.24) is 4.98 Å². The lowest BCUT2D eigenvalue weighted by atomic mass is 9.99. The zero-order valence-electron chi connectivity index (χ0n) is 10.9. The number of halogens is 1. The number of benzene rings is 2. The van der Waals surface area contributed by atoms with Gasteiger partial charge in [0.15, 0.2) is 3.92 Å². The second-order valence-corrected chi connectivity index (χ2v) is 7.17. The summed E-state index contributed by atoms with van der Waals surface area (Å²) in [5.74, 6) is 0.484. The predicted octanol–water partition coefficient (Wildman–Crippen LogP) is 5.85. The summed E-state index contributed by atoms with van der Waals surface area (Å²) in [5.41, 5.74) is 2.34. The van der Waals surface area contributed by atoms with Crippen molar-refractivity contribution >= 4 is 38.0 Å². The number of hydrogen-bond acceptors (Lipinski definition) is 2. The van der Waals surface area contributed by atoms with Crippen LogP contribution in [0.2, 0.25) is 0 Å². The summed E-state index contributed by atoms with van der Waals surface area (Å²) in [6, 6.07) is 14.9. The summed E-state index contributed by atoms with van der Waals surface area (Å²) in [6.45, 7) is 4.43. The molecule has 0 bridgehead atoms. The van der Waals surface area contributed by atoms with E-state index in [0.29, 0.717) is 5.92 Å². The number of rotatable bonds is 2. The second kappa shape index (κ2) is 5.06. The molecular weight excluding hydrogens is 318 g/mol. The highest BCUT2D eigenvalue weighted by atomic mass is 79.9. The van der Waals surface area contributed by atoms with Crippen LogP contribution in [-0.2, 0) is 0 Å². The molecule has 3 rings (SSSR count). The largest absolute Gasteiger partial charge is 0.229 e. The molecule has 0 fully saturated rings. The first kappa shape index (κ1) is 12.8. The van der Waals surface area contributed by atoms with Gasteiger partial charge in [-0.3, -0.25) is 0 Å². The SMILES string of the molecule is CC(C)c1sc(Br)nc1-c1cccc2ccccc12. The molecule has 0 spiro atoms. The average Bonchev–Trinajstić information content (AvgIpc) is 2.80. The molecule has 96 valence electrons. The van der Waals surface area contributed by atoms with E-state index < -0.39 is 0 Å². The highest BCUT2D eigenvalue weighted by molar-refractivity contribution is 9.11. The maximum atomic E-state index is 4.69. The molecule has 1 heterocycles. The molecule has 2 aromatic carbocycles. The maximum absolute atomic E-state index is 4.69. The van der Waals surface area contributed by atoms with Crippen molar-refractivity contribution in [2.45, 2.75) is 19.8 Å². The number of nitrogens with zero attached hydrogens (tertiary/aromatic N) is 1. The van der Waals surface area contributed by atoms with Crippen molar-refractivity contribution in [3.05, 3.63) is 51.3 Å². The molecule has 0 saturated carbocycles. The van der Waals surface area contributed by atoms with Gasteiger partial charge in [-0.15, -0.1) is 11.3 Å². The van der Waals surface area contributed by atoms with Crippen LogP contribution in [0.15, 0.2) is 46.4 Å². The third-order valence-electron chi connectivity index (χ3n) is 3.20. The summed E-state index contributed by atoms with van der Waals surface area (Å²) in [4.78, 5) is 6.02. The monoisotopic (exact) mass is 331 g/mol. The van der Waals surface area contributed by atoms with Gasteiger partial charge in [-0.25, -0.2) is 4.98 Å². The summed E-state index contributed by atoms with van der Waals surface area (Å²) in [5, 5.41) is 2.53. The number of hydrogen-bond donors (Lipinski definition) is 0. The Balaban J connectivity index is 2.30. The van der Waals surface area contributed by atoms with Gasteiger partial charge >= 0.3 is 0 Å². The van der Waals surface area contributed by atoms with Crippen LogP contribution in [0.5, 0.6) is 0 Å². The van der Waals surface area contributed by atoms with Crippen LogP contribution in [0.3, 0.4) is 0 Å². The smallest absolute Gasteiger partial charge is 0.160 e. The Hall–Kier alpha value is -1.19. The van der Waals surface area contributed by atoms with Crippen LogP contribution in [0.1, 0.15) is 24.6 Å². The average molecular weight is 332 g/mol. The lowest BCUT2D eigenvalue weighted by Crippen LogP contribution is -1.89. The van der Waals surface area contributed by atoms with E-state index in [1.54, 1.807) is 11.3 Å². The van der Waals surface area contributed by atoms with E-state index in [4.69, 9.17) is 0 Å². The van der Waals surface area contributed by atoms with Crippen LogP contribution < -0.4 is 0 Å². The molecule has 0 amide bonds. The lowest BCUT2D eigenvalue weighted by Gasteiger charge is -2.08. The molecular formula is C16H14BrNS. The molecule has 0 unspecified atom stereocenters. The van der Waals surface area contributed by atoms with Gasteiger partial charge in [0, 0.05) is 10.4 Å². The van der Waals surface area contributed by atoms with Crippen molar-refractivity contribution in [3.8, 4) is 11.3 Å². The molecule has 3 aromatic rings. The Kier molecular flexibility index (Phi) is 3.42. The van der Waals surface area contributed by atoms with E-state index >= 15 is 0 Å².